The van der Waals surface area contributed by atoms with E-state index < -0.39 is 0 Å². The van der Waals surface area contributed by atoms with E-state index in [1.807, 2.05) is 18.2 Å². The first-order valence-electron chi connectivity index (χ1n) is 17.3. The van der Waals surface area contributed by atoms with E-state index in [0.29, 0.717) is 58.8 Å². The molecule has 1 unspecified atom stereocenters. The molecule has 0 spiro atoms. The van der Waals surface area contributed by atoms with Crippen LogP contribution in [0.15, 0.2) is 60.2 Å². The van der Waals surface area contributed by atoms with Crippen molar-refractivity contribution in [3.05, 3.63) is 88.2 Å². The maximum atomic E-state index is 13.9. The summed E-state index contributed by atoms with van der Waals surface area (Å²) in [6.07, 6.45) is 7.30. The Bertz CT molecular complexity index is 2110. The predicted octanol–water partition coefficient (Wildman–Crippen LogP) is 3.93. The molecule has 4 aromatic rings. The summed E-state index contributed by atoms with van der Waals surface area (Å²) in [5, 5.41) is 16.8. The third-order valence-electron chi connectivity index (χ3n) is 10.4. The van der Waals surface area contributed by atoms with Gasteiger partial charge in [-0.3, -0.25) is 19.3 Å². The second kappa shape index (κ2) is 13.1. The van der Waals surface area contributed by atoms with Crippen molar-refractivity contribution in [3.63, 3.8) is 0 Å². The molecule has 2 amide bonds. The fourth-order valence-corrected chi connectivity index (χ4v) is 7.73. The van der Waals surface area contributed by atoms with Crippen molar-refractivity contribution >= 4 is 40.5 Å². The molecular weight excluding hydrogens is 646 g/mol. The second-order valence-electron chi connectivity index (χ2n) is 14.7. The van der Waals surface area contributed by atoms with E-state index in [4.69, 9.17) is 4.98 Å². The zero-order chi connectivity index (χ0) is 36.2. The summed E-state index contributed by atoms with van der Waals surface area (Å²) >= 11 is 0. The molecule has 3 aromatic heterocycles. The lowest BCUT2D eigenvalue weighted by Crippen LogP contribution is -2.41. The Balaban J connectivity index is 1.20. The van der Waals surface area contributed by atoms with Gasteiger partial charge in [0.25, 0.3) is 11.5 Å². The lowest BCUT2D eigenvalue weighted by Gasteiger charge is -2.30. The first kappa shape index (κ1) is 34.2. The number of nitrogens with one attached hydrogen (secondary N) is 2. The monoisotopic (exact) mass is 691 g/mol. The maximum absolute atomic E-state index is 13.9. The van der Waals surface area contributed by atoms with Crippen LogP contribution in [0.3, 0.4) is 0 Å². The number of anilines is 5. The van der Waals surface area contributed by atoms with E-state index in [2.05, 4.69) is 64.5 Å². The number of aliphatic hydroxyl groups is 1. The van der Waals surface area contributed by atoms with Gasteiger partial charge in [0.05, 0.1) is 23.7 Å². The van der Waals surface area contributed by atoms with Gasteiger partial charge in [-0.25, -0.2) is 9.97 Å². The SMILES string of the molecule is C=CC(=O)Nc1cc(Nc2nc(-c3ccnc(N4CCn5c(cc6c5CC(C)(C)C6)C4=O)c3CO)cn(C)c2=O)ccc1N1CCC(N(C)C)C1. The minimum absolute atomic E-state index is 0.0594. The van der Waals surface area contributed by atoms with Gasteiger partial charge in [0.15, 0.2) is 5.82 Å². The van der Waals surface area contributed by atoms with E-state index >= 15 is 0 Å². The normalized spacial score (nSPS) is 17.9. The number of fused-ring (bicyclic) bond motifs is 3. The molecule has 1 saturated heterocycles. The number of amides is 2. The van der Waals surface area contributed by atoms with Gasteiger partial charge in [0.1, 0.15) is 11.5 Å². The topological polar surface area (TPSA) is 141 Å². The standard InChI is InChI=1S/C38H45N9O4/c1-7-33(49)41-28-17-24(8-9-30(28)45-13-11-25(20-45)43(4)5)40-34-37(51)44(6)21-29(42-34)26-10-12-39-35(27(26)22-48)47-15-14-46-31(36(47)50)16-23-18-38(2,3)19-32(23)46/h7-10,12,16-17,21,25,48H,1,11,13-15,18-20,22H2,2-6H3,(H,40,42)(H,41,49). The molecule has 13 heteroatoms. The quantitative estimate of drug-likeness (QED) is 0.223. The van der Waals surface area contributed by atoms with Crippen molar-refractivity contribution in [2.75, 3.05) is 54.2 Å². The van der Waals surface area contributed by atoms with E-state index in [-0.39, 0.29) is 35.2 Å². The smallest absolute Gasteiger partial charge is 0.293 e. The number of aryl methyl sites for hydroxylation is 1. The summed E-state index contributed by atoms with van der Waals surface area (Å²) in [5.41, 5.74) is 6.35. The van der Waals surface area contributed by atoms with E-state index in [1.165, 1.54) is 21.9 Å². The van der Waals surface area contributed by atoms with Crippen LogP contribution >= 0.6 is 0 Å². The predicted molar refractivity (Wildman–Crippen MR) is 199 cm³/mol. The van der Waals surface area contributed by atoms with Gasteiger partial charge in [0.2, 0.25) is 5.91 Å². The van der Waals surface area contributed by atoms with Crippen LogP contribution in [-0.2, 0) is 37.8 Å². The van der Waals surface area contributed by atoms with Crippen molar-refractivity contribution < 1.29 is 14.7 Å². The van der Waals surface area contributed by atoms with Crippen molar-refractivity contribution in [1.82, 2.24) is 24.0 Å². The van der Waals surface area contributed by atoms with Crippen LogP contribution in [0, 0.1) is 5.41 Å². The fourth-order valence-electron chi connectivity index (χ4n) is 7.73. The van der Waals surface area contributed by atoms with Crippen LogP contribution in [0.2, 0.25) is 0 Å². The van der Waals surface area contributed by atoms with E-state index in [0.717, 1.165) is 38.0 Å². The molecular formula is C38H45N9O4. The van der Waals surface area contributed by atoms with Crippen molar-refractivity contribution in [3.8, 4) is 11.3 Å². The molecule has 7 rings (SSSR count). The van der Waals surface area contributed by atoms with Gasteiger partial charge in [-0.05, 0) is 80.7 Å². The lowest BCUT2D eigenvalue weighted by atomic mass is 9.90. The van der Waals surface area contributed by atoms with Gasteiger partial charge in [0, 0.05) is 74.2 Å². The number of hydrogen-bond acceptors (Lipinski definition) is 9. The van der Waals surface area contributed by atoms with Gasteiger partial charge >= 0.3 is 0 Å². The molecule has 3 aliphatic rings. The number of nitrogens with zero attached hydrogens (tertiary/aromatic N) is 7. The van der Waals surface area contributed by atoms with E-state index in [1.54, 1.807) is 36.5 Å². The third-order valence-corrected chi connectivity index (χ3v) is 10.4. The Labute approximate surface area is 297 Å². The lowest BCUT2D eigenvalue weighted by molar-refractivity contribution is -0.111. The number of aliphatic hydroxyl groups excluding tert-OH is 1. The van der Waals surface area contributed by atoms with Gasteiger partial charge < -0.3 is 34.7 Å². The number of carbonyl (C=O) groups is 2. The third kappa shape index (κ3) is 6.31. The molecule has 1 aromatic carbocycles. The first-order chi connectivity index (χ1) is 24.4. The van der Waals surface area contributed by atoms with Crippen molar-refractivity contribution in [2.24, 2.45) is 12.5 Å². The zero-order valence-electron chi connectivity index (χ0n) is 29.9. The molecule has 51 heavy (non-hydrogen) atoms. The van der Waals surface area contributed by atoms with Crippen LogP contribution in [0.4, 0.5) is 28.7 Å². The highest BCUT2D eigenvalue weighted by Crippen LogP contribution is 2.40. The molecule has 1 fully saturated rings. The largest absolute Gasteiger partial charge is 0.392 e. The maximum Gasteiger partial charge on any atom is 0.293 e. The second-order valence-corrected chi connectivity index (χ2v) is 14.7. The molecule has 5 heterocycles. The fraction of sp³-hybridized carbons (Fsp3) is 0.395. The molecule has 266 valence electrons. The van der Waals surface area contributed by atoms with Crippen LogP contribution in [0.1, 0.15) is 47.6 Å². The highest BCUT2D eigenvalue weighted by atomic mass is 16.3. The molecule has 1 aliphatic carbocycles. The minimum atomic E-state index is -0.389. The molecule has 2 aliphatic heterocycles. The Morgan fingerprint density at radius 1 is 1.14 bits per heavy atom. The average Bonchev–Trinajstić information content (AvgIpc) is 3.80. The summed E-state index contributed by atoms with van der Waals surface area (Å²) in [5.74, 6) is -0.0670. The molecule has 0 radical (unpaired) electrons. The van der Waals surface area contributed by atoms with Crippen LogP contribution in [-0.4, -0.2) is 80.7 Å². The number of rotatable bonds is 9. The number of hydrogen-bond donors (Lipinski definition) is 3. The number of likely N-dealkylation sites (N-methyl/N-ethyl adjacent to an activating group) is 1. The van der Waals surface area contributed by atoms with Crippen molar-refractivity contribution in [2.45, 2.75) is 52.3 Å². The van der Waals surface area contributed by atoms with Crippen LogP contribution in [0.5, 0.6) is 0 Å². The Kier molecular flexibility index (Phi) is 8.80. The summed E-state index contributed by atoms with van der Waals surface area (Å²) in [6.45, 7) is 10.4. The highest BCUT2D eigenvalue weighted by Gasteiger charge is 2.37. The van der Waals surface area contributed by atoms with Crippen molar-refractivity contribution in [1.29, 1.82) is 0 Å². The number of carbonyl (C=O) groups excluding carboxylic acids is 2. The summed E-state index contributed by atoms with van der Waals surface area (Å²) in [7, 11) is 5.77. The minimum Gasteiger partial charge on any atom is -0.392 e. The van der Waals surface area contributed by atoms with Crippen LogP contribution in [0.25, 0.3) is 11.3 Å². The molecule has 0 bridgehead atoms. The Morgan fingerprint density at radius 3 is 2.67 bits per heavy atom. The van der Waals surface area contributed by atoms with Gasteiger partial charge in [-0.2, -0.15) is 0 Å². The highest BCUT2D eigenvalue weighted by molar-refractivity contribution is 6.06. The van der Waals surface area contributed by atoms with Gasteiger partial charge in [-0.15, -0.1) is 0 Å². The number of benzene rings is 1. The van der Waals surface area contributed by atoms with Gasteiger partial charge in [-0.1, -0.05) is 20.4 Å². The average molecular weight is 692 g/mol. The first-order valence-corrected chi connectivity index (χ1v) is 17.3. The molecule has 13 nitrogen and oxygen atoms in total. The summed E-state index contributed by atoms with van der Waals surface area (Å²) in [6, 6.07) is 9.70. The zero-order valence-corrected chi connectivity index (χ0v) is 29.9. The number of pyridine rings is 1. The Hall–Kier alpha value is -5.27. The van der Waals surface area contributed by atoms with Crippen LogP contribution < -0.4 is 26.0 Å². The number of aromatic nitrogens is 4. The van der Waals surface area contributed by atoms with E-state index in [9.17, 15) is 19.5 Å². The molecule has 1 atom stereocenters. The molecule has 0 saturated carbocycles. The summed E-state index contributed by atoms with van der Waals surface area (Å²) < 4.78 is 3.57. The summed E-state index contributed by atoms with van der Waals surface area (Å²) in [4.78, 5) is 55.1. The molecule has 3 N–H and O–H groups in total. The Morgan fingerprint density at radius 2 is 1.94 bits per heavy atom.